The molecule has 25 heavy (non-hydrogen) atoms. The summed E-state index contributed by atoms with van der Waals surface area (Å²) in [4.78, 5) is 11.8. The number of hydrogen-bond acceptors (Lipinski definition) is 4. The summed E-state index contributed by atoms with van der Waals surface area (Å²) < 4.78 is 48.7. The normalized spacial score (nSPS) is 12.6. The quantitative estimate of drug-likeness (QED) is 0.724. The molecule has 0 aromatic heterocycles. The molecule has 0 spiro atoms. The maximum Gasteiger partial charge on any atom is 0.238 e. The number of nitrogens with one attached hydrogen (secondary N) is 2. The molecule has 2 aromatic rings. The molecule has 0 aliphatic rings. The first-order valence-electron chi connectivity index (χ1n) is 7.28. The number of benzene rings is 2. The predicted octanol–water partition coefficient (Wildman–Crippen LogP) is 1.90. The first-order valence-corrected chi connectivity index (χ1v) is 8.82. The lowest BCUT2D eigenvalue weighted by atomic mass is 10.1. The fraction of sp³-hybridized carbons (Fsp3) is 0.188. The van der Waals surface area contributed by atoms with E-state index in [4.69, 9.17) is 5.14 Å². The van der Waals surface area contributed by atoms with Crippen molar-refractivity contribution in [2.24, 2.45) is 5.14 Å². The maximum atomic E-state index is 13.2. The van der Waals surface area contributed by atoms with E-state index in [1.54, 1.807) is 6.92 Å². The molecular formula is C16H17F2N3O3S. The first-order chi connectivity index (χ1) is 11.7. The lowest BCUT2D eigenvalue weighted by Crippen LogP contribution is -2.30. The van der Waals surface area contributed by atoms with Crippen LogP contribution in [0.1, 0.15) is 18.5 Å². The highest BCUT2D eigenvalue weighted by atomic mass is 32.2. The van der Waals surface area contributed by atoms with Gasteiger partial charge >= 0.3 is 0 Å². The Kier molecular flexibility index (Phi) is 5.83. The minimum absolute atomic E-state index is 0.111. The topological polar surface area (TPSA) is 101 Å². The van der Waals surface area contributed by atoms with Gasteiger partial charge in [-0.3, -0.25) is 4.79 Å². The van der Waals surface area contributed by atoms with Crippen LogP contribution in [-0.4, -0.2) is 20.9 Å². The van der Waals surface area contributed by atoms with Crippen LogP contribution in [0, 0.1) is 11.6 Å². The van der Waals surface area contributed by atoms with Crippen molar-refractivity contribution in [1.82, 2.24) is 5.32 Å². The van der Waals surface area contributed by atoms with Gasteiger partial charge in [-0.15, -0.1) is 0 Å². The van der Waals surface area contributed by atoms with Crippen LogP contribution in [0.25, 0.3) is 0 Å². The molecule has 6 nitrogen and oxygen atoms in total. The van der Waals surface area contributed by atoms with Crippen LogP contribution in [0.2, 0.25) is 0 Å². The third kappa shape index (κ3) is 5.31. The molecule has 1 unspecified atom stereocenters. The number of amides is 1. The van der Waals surface area contributed by atoms with E-state index >= 15 is 0 Å². The summed E-state index contributed by atoms with van der Waals surface area (Å²) in [7, 11) is -3.86. The lowest BCUT2D eigenvalue weighted by molar-refractivity contribution is -0.115. The van der Waals surface area contributed by atoms with Crippen molar-refractivity contribution in [3.05, 3.63) is 59.7 Å². The van der Waals surface area contributed by atoms with E-state index in [-0.39, 0.29) is 17.1 Å². The van der Waals surface area contributed by atoms with Gasteiger partial charge in [0.1, 0.15) is 0 Å². The molecule has 2 rings (SSSR count). The Bertz CT molecular complexity index is 888. The molecule has 0 bridgehead atoms. The number of rotatable bonds is 6. The van der Waals surface area contributed by atoms with Crippen LogP contribution >= 0.6 is 0 Å². The van der Waals surface area contributed by atoms with E-state index in [0.29, 0.717) is 5.56 Å². The third-order valence-electron chi connectivity index (χ3n) is 3.46. The molecule has 0 saturated carbocycles. The van der Waals surface area contributed by atoms with Crippen molar-refractivity contribution in [2.45, 2.75) is 17.9 Å². The van der Waals surface area contributed by atoms with Crippen molar-refractivity contribution in [2.75, 3.05) is 11.9 Å². The first kappa shape index (κ1) is 19.0. The Morgan fingerprint density at radius 2 is 1.88 bits per heavy atom. The van der Waals surface area contributed by atoms with Crippen molar-refractivity contribution < 1.29 is 22.0 Å². The predicted molar refractivity (Wildman–Crippen MR) is 89.2 cm³/mol. The minimum atomic E-state index is -3.86. The highest BCUT2D eigenvalue weighted by Gasteiger charge is 2.12. The zero-order chi connectivity index (χ0) is 18.6. The number of carbonyl (C=O) groups is 1. The van der Waals surface area contributed by atoms with Gasteiger partial charge in [0.05, 0.1) is 11.4 Å². The van der Waals surface area contributed by atoms with E-state index in [9.17, 15) is 22.0 Å². The largest absolute Gasteiger partial charge is 0.325 e. The fourth-order valence-corrected chi connectivity index (χ4v) is 2.66. The van der Waals surface area contributed by atoms with Gasteiger partial charge < -0.3 is 10.6 Å². The molecule has 134 valence electrons. The monoisotopic (exact) mass is 369 g/mol. The molecule has 0 aliphatic carbocycles. The van der Waals surface area contributed by atoms with Crippen LogP contribution in [0.15, 0.2) is 47.4 Å². The van der Waals surface area contributed by atoms with Crippen LogP contribution in [0.4, 0.5) is 14.5 Å². The summed E-state index contributed by atoms with van der Waals surface area (Å²) in [6.07, 6.45) is 0. The average Bonchev–Trinajstić information content (AvgIpc) is 2.54. The van der Waals surface area contributed by atoms with Gasteiger partial charge in [-0.25, -0.2) is 22.3 Å². The molecule has 9 heteroatoms. The Morgan fingerprint density at radius 3 is 2.52 bits per heavy atom. The number of sulfonamides is 1. The number of halogens is 2. The van der Waals surface area contributed by atoms with Gasteiger partial charge in [0.25, 0.3) is 0 Å². The standard InChI is InChI=1S/C16H17F2N3O3S/c1-10(11-5-6-14(17)15(18)7-11)20-9-16(22)21-12-3-2-4-13(8-12)25(19,23)24/h2-8,10,20H,9H2,1H3,(H,21,22)(H2,19,23,24). The van der Waals surface area contributed by atoms with E-state index in [1.165, 1.54) is 30.3 Å². The molecule has 4 N–H and O–H groups in total. The second-order valence-electron chi connectivity index (χ2n) is 5.40. The molecule has 0 aliphatic heterocycles. The van der Waals surface area contributed by atoms with Gasteiger partial charge in [0.2, 0.25) is 15.9 Å². The molecular weight excluding hydrogens is 352 g/mol. The molecule has 1 amide bonds. The van der Waals surface area contributed by atoms with Gasteiger partial charge in [0, 0.05) is 11.7 Å². The summed E-state index contributed by atoms with van der Waals surface area (Å²) in [6.45, 7) is 1.58. The van der Waals surface area contributed by atoms with E-state index < -0.39 is 33.6 Å². The minimum Gasteiger partial charge on any atom is -0.325 e. The smallest absolute Gasteiger partial charge is 0.238 e. The Morgan fingerprint density at radius 1 is 1.16 bits per heavy atom. The van der Waals surface area contributed by atoms with Crippen molar-refractivity contribution in [3.8, 4) is 0 Å². The van der Waals surface area contributed by atoms with Crippen LogP contribution in [0.5, 0.6) is 0 Å². The molecule has 0 saturated heterocycles. The van der Waals surface area contributed by atoms with Crippen molar-refractivity contribution in [1.29, 1.82) is 0 Å². The average molecular weight is 369 g/mol. The van der Waals surface area contributed by atoms with E-state index in [1.807, 2.05) is 0 Å². The Balaban J connectivity index is 1.95. The third-order valence-corrected chi connectivity index (χ3v) is 4.37. The highest BCUT2D eigenvalue weighted by Crippen LogP contribution is 2.16. The summed E-state index contributed by atoms with van der Waals surface area (Å²) in [5.41, 5.74) is 0.765. The highest BCUT2D eigenvalue weighted by molar-refractivity contribution is 7.89. The fourth-order valence-electron chi connectivity index (χ4n) is 2.10. The molecule has 0 fully saturated rings. The molecule has 1 atom stereocenters. The Hall–Kier alpha value is -2.36. The zero-order valence-corrected chi connectivity index (χ0v) is 14.1. The molecule has 2 aromatic carbocycles. The van der Waals surface area contributed by atoms with E-state index in [2.05, 4.69) is 10.6 Å². The maximum absolute atomic E-state index is 13.2. The van der Waals surface area contributed by atoms with Crippen molar-refractivity contribution >= 4 is 21.6 Å². The van der Waals surface area contributed by atoms with Crippen LogP contribution < -0.4 is 15.8 Å². The van der Waals surface area contributed by atoms with Crippen LogP contribution in [0.3, 0.4) is 0 Å². The lowest BCUT2D eigenvalue weighted by Gasteiger charge is -2.14. The summed E-state index contributed by atoms with van der Waals surface area (Å²) in [6, 6.07) is 8.63. The van der Waals surface area contributed by atoms with Gasteiger partial charge in [0.15, 0.2) is 11.6 Å². The summed E-state index contributed by atoms with van der Waals surface area (Å²) in [5.74, 6) is -2.33. The zero-order valence-electron chi connectivity index (χ0n) is 13.3. The number of primary sulfonamides is 1. The SMILES string of the molecule is CC(NCC(=O)Nc1cccc(S(N)(=O)=O)c1)c1ccc(F)c(F)c1. The molecule has 0 radical (unpaired) electrons. The Labute approximate surface area is 144 Å². The van der Waals surface area contributed by atoms with E-state index in [0.717, 1.165) is 12.1 Å². The number of nitrogens with two attached hydrogens (primary N) is 1. The van der Waals surface area contributed by atoms with Gasteiger partial charge in [-0.2, -0.15) is 0 Å². The van der Waals surface area contributed by atoms with Gasteiger partial charge in [-0.05, 0) is 42.8 Å². The summed E-state index contributed by atoms with van der Waals surface area (Å²) in [5, 5.41) is 10.4. The second kappa shape index (κ2) is 7.68. The number of carbonyl (C=O) groups excluding carboxylic acids is 1. The number of hydrogen-bond donors (Lipinski definition) is 3. The van der Waals surface area contributed by atoms with Crippen LogP contribution in [-0.2, 0) is 14.8 Å². The summed E-state index contributed by atoms with van der Waals surface area (Å²) >= 11 is 0. The van der Waals surface area contributed by atoms with Gasteiger partial charge in [-0.1, -0.05) is 12.1 Å². The molecule has 0 heterocycles. The second-order valence-corrected chi connectivity index (χ2v) is 6.96. The van der Waals surface area contributed by atoms with Crippen molar-refractivity contribution in [3.63, 3.8) is 0 Å². The number of anilines is 1.